The lowest BCUT2D eigenvalue weighted by molar-refractivity contribution is -0.116. The molecule has 1 aromatic carbocycles. The number of hydrogen-bond acceptors (Lipinski definition) is 2. The summed E-state index contributed by atoms with van der Waals surface area (Å²) in [5.41, 5.74) is 0.878. The molecule has 0 atom stereocenters. The number of benzene rings is 1. The van der Waals surface area contributed by atoms with Crippen LogP contribution in [-0.4, -0.2) is 17.0 Å². The van der Waals surface area contributed by atoms with Crippen LogP contribution in [0.4, 0.5) is 5.69 Å². The molecular weight excluding hydrogens is 326 g/mol. The Morgan fingerprint density at radius 1 is 0.769 bits per heavy atom. The monoisotopic (exact) mass is 361 g/mol. The lowest BCUT2D eigenvalue weighted by Crippen LogP contribution is -2.11. The van der Waals surface area contributed by atoms with Crippen LogP contribution < -0.4 is 5.32 Å². The van der Waals surface area contributed by atoms with Gasteiger partial charge in [0, 0.05) is 12.1 Å². The zero-order chi connectivity index (χ0) is 19.0. The summed E-state index contributed by atoms with van der Waals surface area (Å²) < 4.78 is 0. The standard InChI is InChI=1S/C22H35NO3/c1-2-3-4-5-6-7-8-9-10-11-12-13-14-21(24)23-20-17-15-19(16-18-20)22(25)26/h15-18H,2-14H2,1H3,(H,23,24)(H,25,26). The van der Waals surface area contributed by atoms with E-state index < -0.39 is 5.97 Å². The molecule has 0 spiro atoms. The quantitative estimate of drug-likeness (QED) is 0.354. The van der Waals surface area contributed by atoms with Crippen LogP contribution in [0, 0.1) is 0 Å². The van der Waals surface area contributed by atoms with E-state index in [0.717, 1.165) is 12.8 Å². The summed E-state index contributed by atoms with van der Waals surface area (Å²) in [6.07, 6.45) is 15.9. The number of unbranched alkanes of at least 4 members (excludes halogenated alkanes) is 11. The molecular formula is C22H35NO3. The zero-order valence-electron chi connectivity index (χ0n) is 16.3. The molecule has 4 heteroatoms. The number of amides is 1. The minimum atomic E-state index is -0.959. The predicted octanol–water partition coefficient (Wildman–Crippen LogP) is 6.41. The van der Waals surface area contributed by atoms with Crippen LogP contribution in [-0.2, 0) is 4.79 Å². The summed E-state index contributed by atoms with van der Waals surface area (Å²) in [6, 6.07) is 6.26. The Hall–Kier alpha value is -1.84. The van der Waals surface area contributed by atoms with Gasteiger partial charge in [0.15, 0.2) is 0 Å². The van der Waals surface area contributed by atoms with Crippen molar-refractivity contribution in [3.05, 3.63) is 29.8 Å². The second kappa shape index (κ2) is 14.3. The number of aromatic carboxylic acids is 1. The lowest BCUT2D eigenvalue weighted by atomic mass is 10.0. The van der Waals surface area contributed by atoms with E-state index in [-0.39, 0.29) is 11.5 Å². The van der Waals surface area contributed by atoms with Gasteiger partial charge in [0.05, 0.1) is 5.56 Å². The Labute approximate surface area is 158 Å². The first-order valence-electron chi connectivity index (χ1n) is 10.3. The Morgan fingerprint density at radius 3 is 1.69 bits per heavy atom. The fraction of sp³-hybridized carbons (Fsp3) is 0.636. The molecule has 0 aromatic heterocycles. The molecule has 0 aliphatic rings. The van der Waals surface area contributed by atoms with Crippen LogP contribution in [0.1, 0.15) is 101 Å². The van der Waals surface area contributed by atoms with E-state index in [1.807, 2.05) is 0 Å². The molecule has 0 aliphatic heterocycles. The van der Waals surface area contributed by atoms with E-state index in [1.54, 1.807) is 12.1 Å². The molecule has 1 amide bonds. The van der Waals surface area contributed by atoms with Gasteiger partial charge in [0.1, 0.15) is 0 Å². The van der Waals surface area contributed by atoms with E-state index >= 15 is 0 Å². The van der Waals surface area contributed by atoms with Gasteiger partial charge in [0.25, 0.3) is 0 Å². The van der Waals surface area contributed by atoms with Crippen LogP contribution in [0.25, 0.3) is 0 Å². The average Bonchev–Trinajstić information content (AvgIpc) is 2.63. The van der Waals surface area contributed by atoms with Crippen LogP contribution in [0.3, 0.4) is 0 Å². The maximum atomic E-state index is 11.9. The van der Waals surface area contributed by atoms with E-state index in [9.17, 15) is 9.59 Å². The molecule has 0 bridgehead atoms. The summed E-state index contributed by atoms with van der Waals surface area (Å²) in [5.74, 6) is -0.959. The number of rotatable bonds is 15. The van der Waals surface area contributed by atoms with Crippen LogP contribution in [0.5, 0.6) is 0 Å². The number of carbonyl (C=O) groups excluding carboxylic acids is 1. The van der Waals surface area contributed by atoms with E-state index in [0.29, 0.717) is 12.1 Å². The van der Waals surface area contributed by atoms with Gasteiger partial charge in [-0.05, 0) is 30.7 Å². The van der Waals surface area contributed by atoms with Crippen molar-refractivity contribution in [1.82, 2.24) is 0 Å². The molecule has 2 N–H and O–H groups in total. The number of hydrogen-bond donors (Lipinski definition) is 2. The van der Waals surface area contributed by atoms with Crippen LogP contribution in [0.2, 0.25) is 0 Å². The summed E-state index contributed by atoms with van der Waals surface area (Å²) in [4.78, 5) is 22.7. The minimum Gasteiger partial charge on any atom is -0.478 e. The highest BCUT2D eigenvalue weighted by Gasteiger charge is 2.05. The van der Waals surface area contributed by atoms with Gasteiger partial charge < -0.3 is 10.4 Å². The highest BCUT2D eigenvalue weighted by Crippen LogP contribution is 2.14. The highest BCUT2D eigenvalue weighted by atomic mass is 16.4. The maximum Gasteiger partial charge on any atom is 0.335 e. The van der Waals surface area contributed by atoms with Crippen molar-refractivity contribution in [2.24, 2.45) is 0 Å². The molecule has 26 heavy (non-hydrogen) atoms. The van der Waals surface area contributed by atoms with Gasteiger partial charge in [-0.2, -0.15) is 0 Å². The first-order valence-corrected chi connectivity index (χ1v) is 10.3. The second-order valence-electron chi connectivity index (χ2n) is 7.07. The van der Waals surface area contributed by atoms with Crippen molar-refractivity contribution >= 4 is 17.6 Å². The molecule has 0 fully saturated rings. The molecule has 1 aromatic rings. The summed E-state index contributed by atoms with van der Waals surface area (Å²) >= 11 is 0. The topological polar surface area (TPSA) is 66.4 Å². The Morgan fingerprint density at radius 2 is 1.23 bits per heavy atom. The Balaban J connectivity index is 1.96. The number of carboxylic acid groups (broad SMARTS) is 1. The maximum absolute atomic E-state index is 11.9. The smallest absolute Gasteiger partial charge is 0.335 e. The SMILES string of the molecule is CCCCCCCCCCCCCCC(=O)Nc1ccc(C(=O)O)cc1. The van der Waals surface area contributed by atoms with Crippen LogP contribution in [0.15, 0.2) is 24.3 Å². The predicted molar refractivity (Wildman–Crippen MR) is 108 cm³/mol. The van der Waals surface area contributed by atoms with Gasteiger partial charge in [-0.15, -0.1) is 0 Å². The first kappa shape index (κ1) is 22.2. The van der Waals surface area contributed by atoms with Crippen molar-refractivity contribution in [2.75, 3.05) is 5.32 Å². The summed E-state index contributed by atoms with van der Waals surface area (Å²) in [7, 11) is 0. The van der Waals surface area contributed by atoms with E-state index in [2.05, 4.69) is 12.2 Å². The van der Waals surface area contributed by atoms with E-state index in [1.165, 1.54) is 76.3 Å². The third-order valence-corrected chi connectivity index (χ3v) is 4.67. The molecule has 0 saturated heterocycles. The number of carboxylic acids is 1. The molecule has 0 aliphatic carbocycles. The third kappa shape index (κ3) is 10.9. The van der Waals surface area contributed by atoms with Crippen molar-refractivity contribution in [3.8, 4) is 0 Å². The second-order valence-corrected chi connectivity index (χ2v) is 7.07. The fourth-order valence-electron chi connectivity index (χ4n) is 3.05. The minimum absolute atomic E-state index is 0.000143. The largest absolute Gasteiger partial charge is 0.478 e. The van der Waals surface area contributed by atoms with Crippen molar-refractivity contribution < 1.29 is 14.7 Å². The lowest BCUT2D eigenvalue weighted by Gasteiger charge is -2.06. The molecule has 146 valence electrons. The van der Waals surface area contributed by atoms with Gasteiger partial charge in [0.2, 0.25) is 5.91 Å². The number of anilines is 1. The molecule has 0 unspecified atom stereocenters. The third-order valence-electron chi connectivity index (χ3n) is 4.67. The molecule has 0 saturated carbocycles. The Bertz CT molecular complexity index is 511. The van der Waals surface area contributed by atoms with Gasteiger partial charge in [-0.3, -0.25) is 4.79 Å². The average molecular weight is 362 g/mol. The molecule has 0 radical (unpaired) electrons. The first-order chi connectivity index (χ1) is 12.6. The molecule has 0 heterocycles. The molecule has 1 rings (SSSR count). The van der Waals surface area contributed by atoms with Crippen molar-refractivity contribution in [3.63, 3.8) is 0 Å². The summed E-state index contributed by atoms with van der Waals surface area (Å²) in [5, 5.41) is 11.7. The summed E-state index contributed by atoms with van der Waals surface area (Å²) in [6.45, 7) is 2.25. The van der Waals surface area contributed by atoms with Gasteiger partial charge >= 0.3 is 5.97 Å². The van der Waals surface area contributed by atoms with Crippen molar-refractivity contribution in [2.45, 2.75) is 90.4 Å². The normalized spacial score (nSPS) is 10.7. The van der Waals surface area contributed by atoms with Gasteiger partial charge in [-0.1, -0.05) is 77.6 Å². The van der Waals surface area contributed by atoms with Crippen LogP contribution >= 0.6 is 0 Å². The zero-order valence-corrected chi connectivity index (χ0v) is 16.3. The number of carbonyl (C=O) groups is 2. The molecule has 4 nitrogen and oxygen atoms in total. The van der Waals surface area contributed by atoms with Gasteiger partial charge in [-0.25, -0.2) is 4.79 Å². The van der Waals surface area contributed by atoms with E-state index in [4.69, 9.17) is 5.11 Å². The fourth-order valence-corrected chi connectivity index (χ4v) is 3.05. The Kier molecular flexibility index (Phi) is 12.2. The highest BCUT2D eigenvalue weighted by molar-refractivity contribution is 5.92. The van der Waals surface area contributed by atoms with Crippen molar-refractivity contribution in [1.29, 1.82) is 0 Å². The number of nitrogens with one attached hydrogen (secondary N) is 1.